The van der Waals surface area contributed by atoms with Crippen molar-refractivity contribution in [2.24, 2.45) is 0 Å². The molecule has 0 aliphatic carbocycles. The van der Waals surface area contributed by atoms with Gasteiger partial charge in [-0.25, -0.2) is 4.79 Å². The maximum Gasteiger partial charge on any atom is 0.330 e. The number of hydrogen-bond donors (Lipinski definition) is 2. The van der Waals surface area contributed by atoms with Crippen LogP contribution < -0.4 is 10.1 Å². The molecule has 1 unspecified atom stereocenters. The lowest BCUT2D eigenvalue weighted by molar-refractivity contribution is -0.142. The second-order valence-corrected chi connectivity index (χ2v) is 6.43. The molecular weight excluding hydrogens is 370 g/mol. The molecule has 0 saturated carbocycles. The van der Waals surface area contributed by atoms with Gasteiger partial charge in [-0.1, -0.05) is 47.5 Å². The lowest BCUT2D eigenvalue weighted by Gasteiger charge is -2.16. The topological polar surface area (TPSA) is 92.7 Å². The zero-order valence-corrected chi connectivity index (χ0v) is 15.7. The van der Waals surface area contributed by atoms with Gasteiger partial charge in [0.1, 0.15) is 5.75 Å². The van der Waals surface area contributed by atoms with Crippen molar-refractivity contribution in [1.29, 1.82) is 0 Å². The van der Waals surface area contributed by atoms with E-state index in [1.165, 1.54) is 25.3 Å². The first kappa shape index (κ1) is 20.5. The zero-order chi connectivity index (χ0) is 20.0. The summed E-state index contributed by atoms with van der Waals surface area (Å²) in [6.45, 7) is 1.92. The van der Waals surface area contributed by atoms with E-state index in [-0.39, 0.29) is 23.6 Å². The van der Waals surface area contributed by atoms with Crippen LogP contribution in [0.5, 0.6) is 5.75 Å². The molecule has 0 aliphatic heterocycles. The lowest BCUT2D eigenvalue weighted by atomic mass is 10.0. The molecule has 0 aromatic heterocycles. The van der Waals surface area contributed by atoms with Gasteiger partial charge in [-0.15, -0.1) is 0 Å². The maximum absolute atomic E-state index is 12.1. The van der Waals surface area contributed by atoms with Crippen LogP contribution in [0.15, 0.2) is 42.5 Å². The van der Waals surface area contributed by atoms with Gasteiger partial charge in [0.05, 0.1) is 12.1 Å². The molecule has 2 aromatic rings. The molecule has 0 bridgehead atoms. The van der Waals surface area contributed by atoms with Crippen molar-refractivity contribution in [1.82, 2.24) is 5.32 Å². The largest absolute Gasteiger partial charge is 0.495 e. The minimum absolute atomic E-state index is 0.00932. The molecule has 0 radical (unpaired) electrons. The van der Waals surface area contributed by atoms with Gasteiger partial charge < -0.3 is 15.2 Å². The molecule has 6 nitrogen and oxygen atoms in total. The van der Waals surface area contributed by atoms with E-state index in [1.54, 1.807) is 12.1 Å². The minimum atomic E-state index is -1.27. The number of methoxy groups -OCH3 is 1. The molecule has 2 rings (SSSR count). The third kappa shape index (κ3) is 5.56. The summed E-state index contributed by atoms with van der Waals surface area (Å²) in [6.07, 6.45) is -0.120. The first-order chi connectivity index (χ1) is 12.8. The summed E-state index contributed by atoms with van der Waals surface area (Å²) in [7, 11) is 1.45. The number of ether oxygens (including phenoxy) is 1. The summed E-state index contributed by atoms with van der Waals surface area (Å²) >= 11 is 6.02. The fourth-order valence-electron chi connectivity index (χ4n) is 2.49. The normalized spacial score (nSPS) is 11.5. The van der Waals surface area contributed by atoms with Crippen LogP contribution in [0.3, 0.4) is 0 Å². The summed E-state index contributed by atoms with van der Waals surface area (Å²) in [4.78, 5) is 35.8. The Balaban J connectivity index is 2.00. The number of benzene rings is 2. The number of carboxylic acid groups (broad SMARTS) is 1. The van der Waals surface area contributed by atoms with Crippen molar-refractivity contribution in [2.75, 3.05) is 7.11 Å². The SMILES string of the molecule is COc1ccc(C(NC(=O)CCC(=O)c2ccc(C)cc2)C(=O)O)cc1Cl. The van der Waals surface area contributed by atoms with E-state index in [2.05, 4.69) is 5.32 Å². The number of carboxylic acids is 1. The summed E-state index contributed by atoms with van der Waals surface area (Å²) in [5, 5.41) is 12.1. The van der Waals surface area contributed by atoms with Crippen molar-refractivity contribution < 1.29 is 24.2 Å². The van der Waals surface area contributed by atoms with Crippen LogP contribution in [-0.4, -0.2) is 29.9 Å². The van der Waals surface area contributed by atoms with E-state index in [0.29, 0.717) is 16.9 Å². The van der Waals surface area contributed by atoms with E-state index >= 15 is 0 Å². The van der Waals surface area contributed by atoms with E-state index in [4.69, 9.17) is 16.3 Å². The van der Waals surface area contributed by atoms with Crippen molar-refractivity contribution in [3.05, 3.63) is 64.2 Å². The highest BCUT2D eigenvalue weighted by molar-refractivity contribution is 6.32. The molecule has 1 amide bonds. The molecule has 0 spiro atoms. The average molecular weight is 390 g/mol. The van der Waals surface area contributed by atoms with E-state index in [0.717, 1.165) is 5.56 Å². The number of Topliss-reactive ketones (excluding diaryl/α,β-unsaturated/α-hetero) is 1. The predicted molar refractivity (Wildman–Crippen MR) is 101 cm³/mol. The Bertz CT molecular complexity index is 848. The van der Waals surface area contributed by atoms with E-state index in [9.17, 15) is 19.5 Å². The quantitative estimate of drug-likeness (QED) is 0.673. The lowest BCUT2D eigenvalue weighted by Crippen LogP contribution is -2.33. The van der Waals surface area contributed by atoms with Gasteiger partial charge >= 0.3 is 5.97 Å². The number of amides is 1. The van der Waals surface area contributed by atoms with Gasteiger partial charge in [0.25, 0.3) is 0 Å². The number of carbonyl (C=O) groups excluding carboxylic acids is 2. The molecule has 142 valence electrons. The number of ketones is 1. The van der Waals surface area contributed by atoms with Gasteiger partial charge in [0, 0.05) is 18.4 Å². The van der Waals surface area contributed by atoms with E-state index in [1.807, 2.05) is 19.1 Å². The maximum atomic E-state index is 12.1. The van der Waals surface area contributed by atoms with Crippen molar-refractivity contribution in [3.8, 4) is 5.75 Å². The molecule has 0 saturated heterocycles. The van der Waals surface area contributed by atoms with Crippen LogP contribution in [0.2, 0.25) is 5.02 Å². The molecule has 0 fully saturated rings. The van der Waals surface area contributed by atoms with Gasteiger partial charge in [-0.3, -0.25) is 9.59 Å². The van der Waals surface area contributed by atoms with Crippen molar-refractivity contribution in [3.63, 3.8) is 0 Å². The van der Waals surface area contributed by atoms with E-state index < -0.39 is 17.9 Å². The third-order valence-electron chi connectivity index (χ3n) is 4.01. The van der Waals surface area contributed by atoms with Gasteiger partial charge in [0.15, 0.2) is 11.8 Å². The summed E-state index contributed by atoms with van der Waals surface area (Å²) in [5.74, 6) is -1.53. The van der Waals surface area contributed by atoms with Crippen molar-refractivity contribution >= 4 is 29.3 Å². The number of hydrogen-bond acceptors (Lipinski definition) is 4. The van der Waals surface area contributed by atoms with Crippen LogP contribution in [0, 0.1) is 6.92 Å². The second-order valence-electron chi connectivity index (χ2n) is 6.02. The fourth-order valence-corrected chi connectivity index (χ4v) is 2.76. The fraction of sp³-hybridized carbons (Fsp3) is 0.250. The Morgan fingerprint density at radius 3 is 2.33 bits per heavy atom. The smallest absolute Gasteiger partial charge is 0.330 e. The molecular formula is C20H20ClNO5. The highest BCUT2D eigenvalue weighted by atomic mass is 35.5. The van der Waals surface area contributed by atoms with Gasteiger partial charge in [-0.2, -0.15) is 0 Å². The van der Waals surface area contributed by atoms with Crippen LogP contribution in [0.4, 0.5) is 0 Å². The minimum Gasteiger partial charge on any atom is -0.495 e. The highest BCUT2D eigenvalue weighted by Gasteiger charge is 2.23. The van der Waals surface area contributed by atoms with Gasteiger partial charge in [-0.05, 0) is 24.6 Å². The Kier molecular flexibility index (Phi) is 6.96. The average Bonchev–Trinajstić information content (AvgIpc) is 2.64. The number of nitrogens with one attached hydrogen (secondary N) is 1. The standard InChI is InChI=1S/C20H20ClNO5/c1-12-3-5-13(6-4-12)16(23)8-10-18(24)22-19(20(25)26)14-7-9-17(27-2)15(21)11-14/h3-7,9,11,19H,8,10H2,1-2H3,(H,22,24)(H,25,26). The monoisotopic (exact) mass is 389 g/mol. The molecule has 2 N–H and O–H groups in total. The molecule has 7 heteroatoms. The number of carbonyl (C=O) groups is 3. The highest BCUT2D eigenvalue weighted by Crippen LogP contribution is 2.27. The van der Waals surface area contributed by atoms with Crippen molar-refractivity contribution in [2.45, 2.75) is 25.8 Å². The van der Waals surface area contributed by atoms with Crippen LogP contribution in [0.25, 0.3) is 0 Å². The Morgan fingerprint density at radius 1 is 1.11 bits per heavy atom. The van der Waals surface area contributed by atoms with Crippen LogP contribution in [-0.2, 0) is 9.59 Å². The Morgan fingerprint density at radius 2 is 1.78 bits per heavy atom. The summed E-state index contributed by atoms with van der Waals surface area (Å²) in [6, 6.07) is 10.3. The summed E-state index contributed by atoms with van der Waals surface area (Å²) in [5.41, 5.74) is 1.86. The Hall–Kier alpha value is -2.86. The first-order valence-corrected chi connectivity index (χ1v) is 8.65. The zero-order valence-electron chi connectivity index (χ0n) is 15.0. The molecule has 0 aliphatic rings. The number of rotatable bonds is 8. The molecule has 0 heterocycles. The molecule has 1 atom stereocenters. The van der Waals surface area contributed by atoms with Crippen LogP contribution >= 0.6 is 11.6 Å². The predicted octanol–water partition coefficient (Wildman–Crippen LogP) is 3.56. The summed E-state index contributed by atoms with van der Waals surface area (Å²) < 4.78 is 5.03. The number of aryl methyl sites for hydroxylation is 1. The van der Waals surface area contributed by atoms with Gasteiger partial charge in [0.2, 0.25) is 5.91 Å². The molecule has 27 heavy (non-hydrogen) atoms. The number of aliphatic carboxylic acids is 1. The Labute approximate surface area is 162 Å². The third-order valence-corrected chi connectivity index (χ3v) is 4.31. The second kappa shape index (κ2) is 9.19. The first-order valence-electron chi connectivity index (χ1n) is 8.27. The number of halogens is 1. The molecule has 2 aromatic carbocycles. The van der Waals surface area contributed by atoms with Crippen LogP contribution in [0.1, 0.15) is 40.4 Å².